The normalized spacial score (nSPS) is 12.0. The first-order valence-corrected chi connectivity index (χ1v) is 8.63. The molecule has 3 aromatic rings. The monoisotopic (exact) mass is 326 g/mol. The van der Waals surface area contributed by atoms with E-state index in [-0.39, 0.29) is 5.41 Å². The van der Waals surface area contributed by atoms with Crippen LogP contribution in [0.15, 0.2) is 30.3 Å². The van der Waals surface area contributed by atoms with E-state index in [9.17, 15) is 0 Å². The molecule has 1 N–H and O–H groups in total. The Labute approximate surface area is 141 Å². The first-order valence-electron chi connectivity index (χ1n) is 7.82. The third-order valence-corrected chi connectivity index (χ3v) is 4.96. The van der Waals surface area contributed by atoms with Crippen molar-refractivity contribution in [2.45, 2.75) is 46.2 Å². The number of aromatic nitrogens is 3. The van der Waals surface area contributed by atoms with E-state index in [0.717, 1.165) is 34.3 Å². The summed E-state index contributed by atoms with van der Waals surface area (Å²) in [6.45, 7) is 10.1. The Hall–Kier alpha value is -1.85. The van der Waals surface area contributed by atoms with E-state index in [1.807, 2.05) is 6.92 Å². The minimum atomic E-state index is 0.0688. The molecule has 5 heteroatoms. The molecule has 2 heterocycles. The topological polar surface area (TPSA) is 50.7 Å². The van der Waals surface area contributed by atoms with Crippen molar-refractivity contribution in [3.8, 4) is 0 Å². The summed E-state index contributed by atoms with van der Waals surface area (Å²) in [7, 11) is 0. The lowest BCUT2D eigenvalue weighted by Crippen LogP contribution is -2.12. The van der Waals surface area contributed by atoms with Crippen LogP contribution < -0.4 is 5.32 Å². The number of hydrogen-bond donors (Lipinski definition) is 1. The summed E-state index contributed by atoms with van der Waals surface area (Å²) < 4.78 is 0. The molecule has 0 fully saturated rings. The van der Waals surface area contributed by atoms with Crippen LogP contribution in [0.5, 0.6) is 0 Å². The summed E-state index contributed by atoms with van der Waals surface area (Å²) in [4.78, 5) is 4.53. The fourth-order valence-corrected chi connectivity index (χ4v) is 3.20. The van der Waals surface area contributed by atoms with Gasteiger partial charge in [-0.2, -0.15) is 0 Å². The molecular weight excluding hydrogens is 304 g/mol. The summed E-state index contributed by atoms with van der Waals surface area (Å²) in [5, 5.41) is 15.3. The van der Waals surface area contributed by atoms with Crippen LogP contribution in [0.2, 0.25) is 0 Å². The Balaban J connectivity index is 1.62. The van der Waals surface area contributed by atoms with Gasteiger partial charge in [0.15, 0.2) is 0 Å². The van der Waals surface area contributed by atoms with Crippen LogP contribution in [-0.4, -0.2) is 15.2 Å². The maximum absolute atomic E-state index is 4.53. The standard InChI is InChI=1S/C18H22N4S/c1-12-5-7-14-9-13(6-8-15(14)20-12)10-19-11-16-21-22-17(23-16)18(2,3)4/h5-9,19H,10-11H2,1-4H3. The average molecular weight is 326 g/mol. The van der Waals surface area contributed by atoms with Gasteiger partial charge in [-0.3, -0.25) is 4.98 Å². The number of aryl methyl sites for hydroxylation is 1. The zero-order valence-corrected chi connectivity index (χ0v) is 14.9. The van der Waals surface area contributed by atoms with Gasteiger partial charge in [-0.05, 0) is 30.7 Å². The van der Waals surface area contributed by atoms with Gasteiger partial charge in [-0.1, -0.05) is 44.2 Å². The van der Waals surface area contributed by atoms with Crippen LogP contribution in [0, 0.1) is 6.92 Å². The molecule has 0 radical (unpaired) electrons. The molecule has 0 unspecified atom stereocenters. The van der Waals surface area contributed by atoms with Gasteiger partial charge in [0.05, 0.1) is 5.52 Å². The summed E-state index contributed by atoms with van der Waals surface area (Å²) >= 11 is 1.68. The number of benzene rings is 1. The van der Waals surface area contributed by atoms with Crippen LogP contribution in [0.3, 0.4) is 0 Å². The van der Waals surface area contributed by atoms with Crippen molar-refractivity contribution in [2.24, 2.45) is 0 Å². The zero-order chi connectivity index (χ0) is 16.4. The van der Waals surface area contributed by atoms with E-state index in [1.165, 1.54) is 10.9 Å². The lowest BCUT2D eigenvalue weighted by molar-refractivity contribution is 0.577. The number of nitrogens with zero attached hydrogens (tertiary/aromatic N) is 3. The van der Waals surface area contributed by atoms with E-state index >= 15 is 0 Å². The lowest BCUT2D eigenvalue weighted by Gasteiger charge is -2.12. The molecule has 0 saturated heterocycles. The van der Waals surface area contributed by atoms with Crippen LogP contribution in [-0.2, 0) is 18.5 Å². The summed E-state index contributed by atoms with van der Waals surface area (Å²) in [5.41, 5.74) is 3.42. The van der Waals surface area contributed by atoms with Crippen LogP contribution >= 0.6 is 11.3 Å². The number of pyridine rings is 1. The van der Waals surface area contributed by atoms with Crippen molar-refractivity contribution in [3.63, 3.8) is 0 Å². The molecule has 1 aromatic carbocycles. The second-order valence-corrected chi connectivity index (χ2v) is 7.90. The smallest absolute Gasteiger partial charge is 0.131 e. The van der Waals surface area contributed by atoms with Crippen molar-refractivity contribution in [1.29, 1.82) is 0 Å². The minimum Gasteiger partial charge on any atom is -0.306 e. The van der Waals surface area contributed by atoms with Gasteiger partial charge in [-0.25, -0.2) is 0 Å². The molecule has 0 atom stereocenters. The zero-order valence-electron chi connectivity index (χ0n) is 14.1. The van der Waals surface area contributed by atoms with Crippen LogP contribution in [0.25, 0.3) is 10.9 Å². The molecule has 0 aliphatic carbocycles. The predicted octanol–water partition coefficient (Wildman–Crippen LogP) is 3.98. The molecule has 120 valence electrons. The van der Waals surface area contributed by atoms with Gasteiger partial charge >= 0.3 is 0 Å². The van der Waals surface area contributed by atoms with E-state index in [1.54, 1.807) is 11.3 Å². The van der Waals surface area contributed by atoms with E-state index in [2.05, 4.69) is 71.6 Å². The Kier molecular flexibility index (Phi) is 4.41. The summed E-state index contributed by atoms with van der Waals surface area (Å²) in [6, 6.07) is 10.6. The Bertz CT molecular complexity index is 817. The number of fused-ring (bicyclic) bond motifs is 1. The quantitative estimate of drug-likeness (QED) is 0.788. The molecule has 2 aromatic heterocycles. The first kappa shape index (κ1) is 16.0. The van der Waals surface area contributed by atoms with Crippen LogP contribution in [0.4, 0.5) is 0 Å². The minimum absolute atomic E-state index is 0.0688. The second kappa shape index (κ2) is 6.34. The maximum Gasteiger partial charge on any atom is 0.131 e. The Morgan fingerprint density at radius 1 is 1.04 bits per heavy atom. The molecule has 0 aliphatic rings. The summed E-state index contributed by atoms with van der Waals surface area (Å²) in [6.07, 6.45) is 0. The average Bonchev–Trinajstić information content (AvgIpc) is 2.96. The highest BCUT2D eigenvalue weighted by Gasteiger charge is 2.18. The molecule has 4 nitrogen and oxygen atoms in total. The van der Waals surface area contributed by atoms with Gasteiger partial charge in [0.2, 0.25) is 0 Å². The predicted molar refractivity (Wildman–Crippen MR) is 95.6 cm³/mol. The highest BCUT2D eigenvalue weighted by Crippen LogP contribution is 2.25. The van der Waals surface area contributed by atoms with Gasteiger partial charge in [0.1, 0.15) is 10.0 Å². The molecule has 0 aliphatic heterocycles. The Morgan fingerprint density at radius 3 is 2.61 bits per heavy atom. The molecule has 0 spiro atoms. The van der Waals surface area contributed by atoms with Crippen molar-refractivity contribution in [3.05, 3.63) is 51.6 Å². The Morgan fingerprint density at radius 2 is 1.87 bits per heavy atom. The largest absolute Gasteiger partial charge is 0.306 e. The van der Waals surface area contributed by atoms with Gasteiger partial charge in [0.25, 0.3) is 0 Å². The van der Waals surface area contributed by atoms with E-state index in [0.29, 0.717) is 0 Å². The molecule has 23 heavy (non-hydrogen) atoms. The molecule has 0 saturated carbocycles. The maximum atomic E-state index is 4.53. The third-order valence-electron chi connectivity index (χ3n) is 3.61. The fraction of sp³-hybridized carbons (Fsp3) is 0.389. The van der Waals surface area contributed by atoms with Crippen molar-refractivity contribution in [1.82, 2.24) is 20.5 Å². The van der Waals surface area contributed by atoms with E-state index in [4.69, 9.17) is 0 Å². The third kappa shape index (κ3) is 3.92. The first-order chi connectivity index (χ1) is 10.9. The number of hydrogen-bond acceptors (Lipinski definition) is 5. The number of rotatable bonds is 4. The lowest BCUT2D eigenvalue weighted by atomic mass is 9.98. The highest BCUT2D eigenvalue weighted by atomic mass is 32.1. The van der Waals surface area contributed by atoms with Crippen molar-refractivity contribution >= 4 is 22.2 Å². The van der Waals surface area contributed by atoms with Crippen molar-refractivity contribution < 1.29 is 0 Å². The van der Waals surface area contributed by atoms with Gasteiger partial charge in [0, 0.05) is 29.6 Å². The summed E-state index contributed by atoms with van der Waals surface area (Å²) in [5.74, 6) is 0. The SMILES string of the molecule is Cc1ccc2cc(CNCc3nnc(C(C)(C)C)s3)ccc2n1. The van der Waals surface area contributed by atoms with Gasteiger partial charge < -0.3 is 5.32 Å². The van der Waals surface area contributed by atoms with Crippen LogP contribution in [0.1, 0.15) is 42.0 Å². The van der Waals surface area contributed by atoms with Crippen molar-refractivity contribution in [2.75, 3.05) is 0 Å². The highest BCUT2D eigenvalue weighted by molar-refractivity contribution is 7.11. The molecule has 3 rings (SSSR count). The molecular formula is C18H22N4S. The second-order valence-electron chi connectivity index (χ2n) is 6.83. The molecule has 0 bridgehead atoms. The molecule has 0 amide bonds. The van der Waals surface area contributed by atoms with Gasteiger partial charge in [-0.15, -0.1) is 10.2 Å². The number of nitrogens with one attached hydrogen (secondary N) is 1. The fourth-order valence-electron chi connectivity index (χ4n) is 2.33. The van der Waals surface area contributed by atoms with E-state index < -0.39 is 0 Å².